The summed E-state index contributed by atoms with van der Waals surface area (Å²) in [5, 5.41) is 3.24. The van der Waals surface area contributed by atoms with Crippen LogP contribution in [-0.4, -0.2) is 38.1 Å². The Balaban J connectivity index is 1.56. The molecule has 1 saturated carbocycles. The second-order valence-corrected chi connectivity index (χ2v) is 6.16. The van der Waals surface area contributed by atoms with Crippen LogP contribution in [0, 0.1) is 17.8 Å². The van der Waals surface area contributed by atoms with E-state index >= 15 is 0 Å². The van der Waals surface area contributed by atoms with Crippen molar-refractivity contribution in [1.29, 1.82) is 0 Å². The number of fused-ring (bicyclic) bond motifs is 3. The molecule has 1 amide bonds. The SMILES string of the molecule is CO[C@H]1O[C@@H]2CO[C@@H](c3ccccc3)O[C@H]2[C@@H]2[C@H](C(=O)N=[N+]=[N-])[C@H]12. The third-order valence-electron chi connectivity index (χ3n) is 4.93. The van der Waals surface area contributed by atoms with E-state index in [1.165, 1.54) is 7.11 Å². The Labute approximate surface area is 138 Å². The first kappa shape index (κ1) is 15.6. The van der Waals surface area contributed by atoms with Crippen LogP contribution in [0.1, 0.15) is 11.9 Å². The molecule has 8 heteroatoms. The number of nitrogens with zero attached hydrogens (tertiary/aromatic N) is 3. The van der Waals surface area contributed by atoms with Crippen LogP contribution in [-0.2, 0) is 23.7 Å². The van der Waals surface area contributed by atoms with Crippen LogP contribution in [0.5, 0.6) is 0 Å². The molecule has 1 aromatic rings. The lowest BCUT2D eigenvalue weighted by molar-refractivity contribution is -0.316. The minimum atomic E-state index is -0.514. The zero-order chi connectivity index (χ0) is 16.7. The highest BCUT2D eigenvalue weighted by Crippen LogP contribution is 2.58. The predicted molar refractivity (Wildman–Crippen MR) is 80.3 cm³/mol. The van der Waals surface area contributed by atoms with Gasteiger partial charge in [0.25, 0.3) is 0 Å². The summed E-state index contributed by atoms with van der Waals surface area (Å²) in [5.74, 6) is -1.13. The number of benzene rings is 1. The second-order valence-electron chi connectivity index (χ2n) is 6.16. The third kappa shape index (κ3) is 2.49. The lowest BCUT2D eigenvalue weighted by Gasteiger charge is -2.41. The zero-order valence-electron chi connectivity index (χ0n) is 13.0. The van der Waals surface area contributed by atoms with E-state index in [2.05, 4.69) is 10.0 Å². The molecule has 3 aliphatic rings. The summed E-state index contributed by atoms with van der Waals surface area (Å²) < 4.78 is 23.1. The number of amides is 1. The summed E-state index contributed by atoms with van der Waals surface area (Å²) in [6, 6.07) is 9.62. The highest BCUT2D eigenvalue weighted by atomic mass is 16.7. The van der Waals surface area contributed by atoms with Gasteiger partial charge < -0.3 is 18.9 Å². The largest absolute Gasteiger partial charge is 0.356 e. The minimum absolute atomic E-state index is 0.0817. The molecule has 126 valence electrons. The van der Waals surface area contributed by atoms with E-state index in [0.29, 0.717) is 6.61 Å². The molecule has 4 rings (SSSR count). The van der Waals surface area contributed by atoms with Crippen LogP contribution < -0.4 is 0 Å². The topological polar surface area (TPSA) is 103 Å². The fourth-order valence-corrected chi connectivity index (χ4v) is 3.84. The maximum absolute atomic E-state index is 12.0. The fourth-order valence-electron chi connectivity index (χ4n) is 3.84. The summed E-state index contributed by atoms with van der Waals surface area (Å²) in [6.45, 7) is 0.357. The van der Waals surface area contributed by atoms with Crippen molar-refractivity contribution in [3.05, 3.63) is 46.3 Å². The molecule has 0 bridgehead atoms. The summed E-state index contributed by atoms with van der Waals surface area (Å²) in [7, 11) is 1.53. The molecule has 0 radical (unpaired) electrons. The highest BCUT2D eigenvalue weighted by molar-refractivity contribution is 5.83. The Morgan fingerprint density at radius 1 is 1.29 bits per heavy atom. The summed E-state index contributed by atoms with van der Waals surface area (Å²) in [6.07, 6.45) is -1.60. The first-order valence-corrected chi connectivity index (χ1v) is 7.84. The van der Waals surface area contributed by atoms with Crippen LogP contribution >= 0.6 is 0 Å². The Morgan fingerprint density at radius 3 is 2.79 bits per heavy atom. The van der Waals surface area contributed by atoms with Gasteiger partial charge >= 0.3 is 0 Å². The van der Waals surface area contributed by atoms with E-state index in [0.717, 1.165) is 5.56 Å². The molecule has 24 heavy (non-hydrogen) atoms. The predicted octanol–water partition coefficient (Wildman–Crippen LogP) is 2.17. The number of carbonyl (C=O) groups excluding carboxylic acids is 1. The number of ether oxygens (including phenoxy) is 4. The molecule has 1 aromatic carbocycles. The number of carbonyl (C=O) groups is 1. The van der Waals surface area contributed by atoms with Gasteiger partial charge in [0.2, 0.25) is 5.91 Å². The van der Waals surface area contributed by atoms with Crippen molar-refractivity contribution in [3.8, 4) is 0 Å². The molecule has 8 nitrogen and oxygen atoms in total. The maximum atomic E-state index is 12.0. The van der Waals surface area contributed by atoms with Gasteiger partial charge in [0.05, 0.1) is 12.7 Å². The van der Waals surface area contributed by atoms with Crippen molar-refractivity contribution in [2.45, 2.75) is 24.8 Å². The Morgan fingerprint density at radius 2 is 2.08 bits per heavy atom. The van der Waals surface area contributed by atoms with Crippen LogP contribution in [0.2, 0.25) is 0 Å². The first-order chi connectivity index (χ1) is 11.7. The van der Waals surface area contributed by atoms with Crippen LogP contribution in [0.4, 0.5) is 0 Å². The number of hydrogen-bond donors (Lipinski definition) is 0. The molecule has 1 aliphatic carbocycles. The second kappa shape index (κ2) is 6.16. The van der Waals surface area contributed by atoms with E-state index < -0.39 is 24.4 Å². The third-order valence-corrected chi connectivity index (χ3v) is 4.93. The van der Waals surface area contributed by atoms with Crippen molar-refractivity contribution >= 4 is 5.91 Å². The number of rotatable bonds is 3. The van der Waals surface area contributed by atoms with Crippen molar-refractivity contribution in [3.63, 3.8) is 0 Å². The number of hydrogen-bond acceptors (Lipinski definition) is 5. The van der Waals surface area contributed by atoms with Gasteiger partial charge in [-0.1, -0.05) is 30.3 Å². The van der Waals surface area contributed by atoms with Crippen molar-refractivity contribution in [2.75, 3.05) is 13.7 Å². The molecule has 7 atom stereocenters. The Kier molecular flexibility index (Phi) is 3.99. The van der Waals surface area contributed by atoms with Crippen LogP contribution in [0.3, 0.4) is 0 Å². The van der Waals surface area contributed by atoms with Gasteiger partial charge in [-0.2, -0.15) is 0 Å². The van der Waals surface area contributed by atoms with Gasteiger partial charge in [0, 0.05) is 35.3 Å². The Bertz CT molecular complexity index is 678. The number of methoxy groups -OCH3 is 1. The summed E-state index contributed by atoms with van der Waals surface area (Å²) in [5.41, 5.74) is 9.43. The summed E-state index contributed by atoms with van der Waals surface area (Å²) in [4.78, 5) is 14.6. The fraction of sp³-hybridized carbons (Fsp3) is 0.562. The molecule has 0 N–H and O–H groups in total. The monoisotopic (exact) mass is 331 g/mol. The molecular formula is C16H17N3O5. The molecule has 2 saturated heterocycles. The van der Waals surface area contributed by atoms with Crippen molar-refractivity contribution in [1.82, 2.24) is 0 Å². The first-order valence-electron chi connectivity index (χ1n) is 7.84. The lowest BCUT2D eigenvalue weighted by Crippen LogP contribution is -2.49. The quantitative estimate of drug-likeness (QED) is 0.480. The molecular weight excluding hydrogens is 314 g/mol. The van der Waals surface area contributed by atoms with Gasteiger partial charge in [-0.25, -0.2) is 0 Å². The average molecular weight is 331 g/mol. The lowest BCUT2D eigenvalue weighted by atomic mass is 10.0. The smallest absolute Gasteiger partial charge is 0.222 e. The van der Waals surface area contributed by atoms with Gasteiger partial charge in [-0.15, -0.1) is 0 Å². The molecule has 2 aliphatic heterocycles. The van der Waals surface area contributed by atoms with E-state index in [9.17, 15) is 4.79 Å². The van der Waals surface area contributed by atoms with Gasteiger partial charge in [-0.05, 0) is 10.6 Å². The summed E-state index contributed by atoms with van der Waals surface area (Å²) >= 11 is 0. The van der Waals surface area contributed by atoms with Crippen LogP contribution in [0.15, 0.2) is 35.4 Å². The van der Waals surface area contributed by atoms with Gasteiger partial charge in [0.1, 0.15) is 6.10 Å². The van der Waals surface area contributed by atoms with Gasteiger partial charge in [-0.3, -0.25) is 4.79 Å². The van der Waals surface area contributed by atoms with E-state index in [4.69, 9.17) is 24.5 Å². The van der Waals surface area contributed by atoms with Gasteiger partial charge in [0.15, 0.2) is 12.6 Å². The van der Waals surface area contributed by atoms with Crippen molar-refractivity contribution in [2.24, 2.45) is 22.9 Å². The number of azide groups is 1. The molecule has 0 aromatic heterocycles. The Hall–Kier alpha value is -1.96. The molecule has 3 fully saturated rings. The van der Waals surface area contributed by atoms with Crippen molar-refractivity contribution < 1.29 is 23.7 Å². The average Bonchev–Trinajstić information content (AvgIpc) is 3.38. The highest BCUT2D eigenvalue weighted by Gasteiger charge is 2.68. The van der Waals surface area contributed by atoms with E-state index in [-0.39, 0.29) is 24.0 Å². The van der Waals surface area contributed by atoms with E-state index in [1.807, 2.05) is 30.3 Å². The molecule has 0 unspecified atom stereocenters. The maximum Gasteiger partial charge on any atom is 0.222 e. The normalized spacial score (nSPS) is 40.0. The molecule has 2 heterocycles. The minimum Gasteiger partial charge on any atom is -0.356 e. The zero-order valence-corrected chi connectivity index (χ0v) is 13.0. The van der Waals surface area contributed by atoms with E-state index in [1.54, 1.807) is 0 Å². The molecule has 0 spiro atoms. The van der Waals surface area contributed by atoms with Crippen LogP contribution in [0.25, 0.3) is 10.4 Å². The standard InChI is InChI=1S/C16H17N3O5/c1-21-16-12-10(11(12)14(20)18-19-17)13-9(23-16)7-22-15(24-13)8-5-3-2-4-6-8/h2-6,9-13,15-16H,7H2,1H3/t9-,10-,11+,12-,13-,15-,16+/m1/s1.